The number of hydrogen-bond donors (Lipinski definition) is 14. The fourth-order valence-electron chi connectivity index (χ4n) is 16.5. The van der Waals surface area contributed by atoms with Crippen molar-refractivity contribution < 1.29 is 114 Å². The first-order valence-corrected chi connectivity index (χ1v) is 27.8. The van der Waals surface area contributed by atoms with Crippen molar-refractivity contribution >= 4 is 5.97 Å². The number of carbonyl (C=O) groups is 1. The van der Waals surface area contributed by atoms with Crippen LogP contribution in [-0.2, 0) is 42.7 Å². The summed E-state index contributed by atoms with van der Waals surface area (Å²) in [7, 11) is 0. The second kappa shape index (κ2) is 21.8. The fourth-order valence-corrected chi connectivity index (χ4v) is 16.5. The molecule has 1 unspecified atom stereocenters. The van der Waals surface area contributed by atoms with Gasteiger partial charge in [0.05, 0.1) is 37.9 Å². The number of rotatable bonds is 12. The molecule has 0 amide bonds. The molecule has 4 aliphatic heterocycles. The maximum atomic E-state index is 14.8. The zero-order chi connectivity index (χ0) is 56.3. The largest absolute Gasteiger partial charge is 0.432 e. The van der Waals surface area contributed by atoms with Crippen LogP contribution in [0.1, 0.15) is 113 Å². The Balaban J connectivity index is 0.995. The Morgan fingerprint density at radius 1 is 0.519 bits per heavy atom. The molecular weight excluding hydrogens is 1020 g/mol. The Morgan fingerprint density at radius 2 is 1.00 bits per heavy atom. The molecule has 442 valence electrons. The molecule has 8 fully saturated rings. The molecule has 4 saturated heterocycles. The Labute approximate surface area is 449 Å². The van der Waals surface area contributed by atoms with Crippen LogP contribution < -0.4 is 0 Å². The van der Waals surface area contributed by atoms with Gasteiger partial charge in [-0.1, -0.05) is 60.1 Å². The molecule has 9 rings (SSSR count). The summed E-state index contributed by atoms with van der Waals surface area (Å²) in [6.07, 6.45) is -25.0. The first-order valence-electron chi connectivity index (χ1n) is 27.8. The van der Waals surface area contributed by atoms with E-state index in [0.29, 0.717) is 32.1 Å². The average molecular weight is 1110 g/mol. The Kier molecular flexibility index (Phi) is 17.0. The molecule has 23 heteroatoms. The topological polar surface area (TPSA) is 374 Å². The maximum absolute atomic E-state index is 14.8. The number of hydrogen-bond acceptors (Lipinski definition) is 23. The van der Waals surface area contributed by atoms with Gasteiger partial charge in [0, 0.05) is 0 Å². The lowest BCUT2D eigenvalue weighted by molar-refractivity contribution is -0.399. The molecule has 0 bridgehead atoms. The molecule has 0 spiro atoms. The van der Waals surface area contributed by atoms with Crippen LogP contribution >= 0.6 is 0 Å². The summed E-state index contributed by atoms with van der Waals surface area (Å²) >= 11 is 0. The van der Waals surface area contributed by atoms with E-state index in [4.69, 9.17) is 37.9 Å². The molecule has 5 aliphatic carbocycles. The van der Waals surface area contributed by atoms with E-state index in [2.05, 4.69) is 54.5 Å². The summed E-state index contributed by atoms with van der Waals surface area (Å²) in [6, 6.07) is 0. The number of ether oxygens (including phenoxy) is 8. The lowest BCUT2D eigenvalue weighted by Gasteiger charge is -2.71. The first kappa shape index (κ1) is 60.0. The summed E-state index contributed by atoms with van der Waals surface area (Å²) in [5.41, 5.74) is -1.27. The molecule has 0 aromatic rings. The third-order valence-electron chi connectivity index (χ3n) is 21.4. The first-order chi connectivity index (χ1) is 36.1. The summed E-state index contributed by atoms with van der Waals surface area (Å²) in [5.74, 6) is -0.507. The van der Waals surface area contributed by atoms with Crippen LogP contribution in [0.25, 0.3) is 0 Å². The van der Waals surface area contributed by atoms with Gasteiger partial charge in [0.1, 0.15) is 97.7 Å². The van der Waals surface area contributed by atoms with Gasteiger partial charge in [-0.3, -0.25) is 4.79 Å². The highest BCUT2D eigenvalue weighted by Crippen LogP contribution is 2.76. The average Bonchev–Trinajstić information content (AvgIpc) is 3.55. The summed E-state index contributed by atoms with van der Waals surface area (Å²) in [6.45, 7) is 12.8. The molecule has 0 radical (unpaired) electrons. The Morgan fingerprint density at radius 3 is 1.55 bits per heavy atom. The highest BCUT2D eigenvalue weighted by molar-refractivity contribution is 5.79. The van der Waals surface area contributed by atoms with E-state index in [1.54, 1.807) is 0 Å². The predicted octanol–water partition coefficient (Wildman–Crippen LogP) is -2.04. The molecule has 0 aromatic heterocycles. The highest BCUT2D eigenvalue weighted by Gasteiger charge is 2.70. The summed E-state index contributed by atoms with van der Waals surface area (Å²) in [5, 5.41) is 149. The lowest BCUT2D eigenvalue weighted by Crippen LogP contribution is -2.68. The van der Waals surface area contributed by atoms with Crippen molar-refractivity contribution in [2.75, 3.05) is 26.4 Å². The molecule has 0 aromatic carbocycles. The minimum atomic E-state index is -1.94. The normalized spacial score (nSPS) is 53.4. The smallest absolute Gasteiger partial charge is 0.315 e. The minimum absolute atomic E-state index is 0.0454. The molecule has 23 nitrogen and oxygen atoms in total. The maximum Gasteiger partial charge on any atom is 0.315 e. The highest BCUT2D eigenvalue weighted by atomic mass is 16.8. The standard InChI is InChI=1S/C54H88O23/c1-49(2)14-16-54(48(69)77-46-41(68)38(65)34(61)27(21-57)72-46)17-15-52(6)23(24(54)18-49)8-9-30-51(5)12-11-31(50(3,4)29(51)10-13-53(30,52)7)74-47-43(76-45-40(67)37(64)33(60)26(20-56)71-45)42(35(62)28(22-58)73-47)75-44-39(66)36(63)32(59)25(19-55)70-44/h8,24-47,55-68H,9-22H2,1-7H3/t24-,25+,26+,27+,28+,29?,30+,31-,32+,33+,34+,35+,36+,37+,38+,39+,40+,41+,42+,43+,44+,45+,46+,47+,51+,52-,53-,54-/m0/s1. The van der Waals surface area contributed by atoms with E-state index < -0.39 is 172 Å². The van der Waals surface area contributed by atoms with E-state index >= 15 is 0 Å². The summed E-state index contributed by atoms with van der Waals surface area (Å²) < 4.78 is 48.9. The third kappa shape index (κ3) is 9.80. The van der Waals surface area contributed by atoms with Crippen molar-refractivity contribution in [3.05, 3.63) is 11.6 Å². The number of aliphatic hydroxyl groups is 14. The van der Waals surface area contributed by atoms with Gasteiger partial charge in [0.2, 0.25) is 6.29 Å². The SMILES string of the molecule is CC1(C)CC[C@]2(C(=O)O[C@H]3O[C@H](CO)[C@@H](O)[C@@H](O)[C@H]3O)CC[C@@]3(C)C(=CC[C@H]4[C@]3(C)CCC3C(C)(C)[C@@H](O[C@H]5O[C@H](CO)[C@@H](O)[C@@H](O[C@H]6O[C@H](CO)[C@@H](O)[C@@H](O)[C@H]6O)[C@H]5O[C@H]5O[C@H](CO)[C@@H](O)[C@@H](O)[C@H]5O)CC[C@]34C)[C@@H]2C1. The van der Waals surface area contributed by atoms with E-state index in [9.17, 15) is 76.3 Å². The summed E-state index contributed by atoms with van der Waals surface area (Å²) in [4.78, 5) is 14.8. The minimum Gasteiger partial charge on any atom is -0.432 e. The van der Waals surface area contributed by atoms with Crippen LogP contribution in [0, 0.1) is 50.2 Å². The second-order valence-corrected chi connectivity index (χ2v) is 26.3. The number of carbonyl (C=O) groups excluding carboxylic acids is 1. The van der Waals surface area contributed by atoms with Crippen LogP contribution in [0.3, 0.4) is 0 Å². The van der Waals surface area contributed by atoms with Crippen molar-refractivity contribution in [3.63, 3.8) is 0 Å². The van der Waals surface area contributed by atoms with Crippen molar-refractivity contribution in [2.45, 2.75) is 242 Å². The van der Waals surface area contributed by atoms with Crippen LogP contribution in [0.2, 0.25) is 0 Å². The molecule has 77 heavy (non-hydrogen) atoms. The third-order valence-corrected chi connectivity index (χ3v) is 21.4. The molecule has 4 heterocycles. The van der Waals surface area contributed by atoms with Crippen molar-refractivity contribution in [3.8, 4) is 0 Å². The van der Waals surface area contributed by atoms with Crippen molar-refractivity contribution in [2.24, 2.45) is 50.2 Å². The lowest BCUT2D eigenvalue weighted by atomic mass is 9.33. The quantitative estimate of drug-likeness (QED) is 0.0569. The van der Waals surface area contributed by atoms with Gasteiger partial charge < -0.3 is 109 Å². The van der Waals surface area contributed by atoms with Gasteiger partial charge in [-0.05, 0) is 109 Å². The predicted molar refractivity (Wildman–Crippen MR) is 263 cm³/mol. The number of aliphatic hydroxyl groups excluding tert-OH is 14. The van der Waals surface area contributed by atoms with E-state index in [1.807, 2.05) is 0 Å². The van der Waals surface area contributed by atoms with Crippen LogP contribution in [0.15, 0.2) is 11.6 Å². The second-order valence-electron chi connectivity index (χ2n) is 26.3. The van der Waals surface area contributed by atoms with Gasteiger partial charge in [0.25, 0.3) is 0 Å². The number of fused-ring (bicyclic) bond motifs is 7. The Hall–Kier alpha value is -1.63. The number of allylic oxidation sites excluding steroid dienone is 2. The van der Waals surface area contributed by atoms with Gasteiger partial charge in [0.15, 0.2) is 18.9 Å². The van der Waals surface area contributed by atoms with Crippen molar-refractivity contribution in [1.82, 2.24) is 0 Å². The molecule has 4 saturated carbocycles. The van der Waals surface area contributed by atoms with E-state index in [0.717, 1.165) is 32.1 Å². The zero-order valence-electron chi connectivity index (χ0n) is 45.3. The Bertz CT molecular complexity index is 2110. The van der Waals surface area contributed by atoms with Crippen molar-refractivity contribution in [1.29, 1.82) is 0 Å². The van der Waals surface area contributed by atoms with E-state index in [-0.39, 0.29) is 39.4 Å². The monoisotopic (exact) mass is 1100 g/mol. The molecule has 14 N–H and O–H groups in total. The van der Waals surface area contributed by atoms with Crippen LogP contribution in [0.5, 0.6) is 0 Å². The molecular formula is C54H88O23. The van der Waals surface area contributed by atoms with E-state index in [1.165, 1.54) is 5.57 Å². The zero-order valence-corrected chi connectivity index (χ0v) is 45.3. The van der Waals surface area contributed by atoms with Crippen LogP contribution in [0.4, 0.5) is 0 Å². The molecule has 9 aliphatic rings. The molecule has 28 atom stereocenters. The van der Waals surface area contributed by atoms with Gasteiger partial charge in [-0.2, -0.15) is 0 Å². The van der Waals surface area contributed by atoms with Gasteiger partial charge in [-0.15, -0.1) is 0 Å². The van der Waals surface area contributed by atoms with Gasteiger partial charge in [-0.25, -0.2) is 0 Å². The number of esters is 1. The van der Waals surface area contributed by atoms with Crippen LogP contribution in [-0.4, -0.2) is 233 Å². The van der Waals surface area contributed by atoms with Gasteiger partial charge >= 0.3 is 5.97 Å². The fraction of sp³-hybridized carbons (Fsp3) is 0.944.